The van der Waals surface area contributed by atoms with E-state index in [0.29, 0.717) is 5.90 Å². The molecule has 0 aromatic heterocycles. The summed E-state index contributed by atoms with van der Waals surface area (Å²) in [5, 5.41) is 0. The molecule has 0 aliphatic carbocycles. The molecule has 2 aliphatic heterocycles. The van der Waals surface area contributed by atoms with E-state index in [4.69, 9.17) is 23.7 Å². The molecular weight excluding hydrogens is 310 g/mol. The van der Waals surface area contributed by atoms with Crippen LogP contribution in [-0.4, -0.2) is 61.1 Å². The van der Waals surface area contributed by atoms with Gasteiger partial charge in [0.1, 0.15) is 12.7 Å². The first kappa shape index (κ1) is 17.2. The summed E-state index contributed by atoms with van der Waals surface area (Å²) in [7, 11) is 0. The molecule has 5 unspecified atom stereocenters. The summed E-state index contributed by atoms with van der Waals surface area (Å²) >= 11 is 0. The van der Waals surface area contributed by atoms with Gasteiger partial charge in [0.25, 0.3) is 0 Å². The zero-order valence-electron chi connectivity index (χ0n) is 13.3. The summed E-state index contributed by atoms with van der Waals surface area (Å²) < 4.78 is 26.6. The van der Waals surface area contributed by atoms with E-state index in [1.54, 1.807) is 6.92 Å². The molecule has 23 heavy (non-hydrogen) atoms. The van der Waals surface area contributed by atoms with Gasteiger partial charge in [-0.1, -0.05) is 0 Å². The lowest BCUT2D eigenvalue weighted by Gasteiger charge is -2.40. The molecule has 0 spiro atoms. The largest absolute Gasteiger partial charge is 0.469 e. The van der Waals surface area contributed by atoms with Gasteiger partial charge in [0.05, 0.1) is 0 Å². The Hall–Kier alpha value is -2.16. The zero-order chi connectivity index (χ0) is 17.1. The number of hydrogen-bond acceptors (Lipinski definition) is 9. The smallest absolute Gasteiger partial charge is 0.303 e. The number of carbonyl (C=O) groups excluding carboxylic acids is 3. The van der Waals surface area contributed by atoms with Gasteiger partial charge in [-0.3, -0.25) is 14.4 Å². The number of rotatable bonds is 4. The van der Waals surface area contributed by atoms with E-state index in [1.165, 1.54) is 20.8 Å². The molecule has 2 heterocycles. The lowest BCUT2D eigenvalue weighted by atomic mass is 9.98. The van der Waals surface area contributed by atoms with Crippen molar-refractivity contribution >= 4 is 23.8 Å². The molecular formula is C14H19NO8. The first-order chi connectivity index (χ1) is 10.8. The normalized spacial score (nSPS) is 32.2. The van der Waals surface area contributed by atoms with Gasteiger partial charge in [-0.2, -0.15) is 0 Å². The maximum atomic E-state index is 11.4. The predicted molar refractivity (Wildman–Crippen MR) is 74.4 cm³/mol. The minimum atomic E-state index is -0.974. The first-order valence-electron chi connectivity index (χ1n) is 7.12. The van der Waals surface area contributed by atoms with Gasteiger partial charge in [-0.25, -0.2) is 4.99 Å². The third-order valence-corrected chi connectivity index (χ3v) is 3.28. The number of hydrogen-bond donors (Lipinski definition) is 0. The molecule has 0 radical (unpaired) electrons. The van der Waals surface area contributed by atoms with E-state index >= 15 is 0 Å². The third-order valence-electron chi connectivity index (χ3n) is 3.28. The van der Waals surface area contributed by atoms with Crippen LogP contribution in [0.1, 0.15) is 27.7 Å². The molecule has 0 N–H and O–H groups in total. The molecule has 9 heteroatoms. The van der Waals surface area contributed by atoms with Crippen molar-refractivity contribution < 1.29 is 38.1 Å². The van der Waals surface area contributed by atoms with Gasteiger partial charge >= 0.3 is 17.9 Å². The van der Waals surface area contributed by atoms with Gasteiger partial charge < -0.3 is 23.7 Å². The molecule has 0 amide bonds. The summed E-state index contributed by atoms with van der Waals surface area (Å²) in [6.07, 6.45) is -4.18. The standard InChI is InChI=1S/C14H19NO8/c1-6-15-14-13(20-6)12(22-9(4)18)11(21-8(3)17)10(23-14)5-19-7(2)16/h10-14H,5H2,1-4H3. The number of aliphatic imine (C=N–C) groups is 1. The van der Waals surface area contributed by atoms with E-state index < -0.39 is 48.6 Å². The summed E-state index contributed by atoms with van der Waals surface area (Å²) in [6.45, 7) is 5.17. The fourth-order valence-electron chi connectivity index (χ4n) is 2.52. The van der Waals surface area contributed by atoms with Crippen molar-refractivity contribution in [3.63, 3.8) is 0 Å². The second-order valence-electron chi connectivity index (χ2n) is 5.25. The van der Waals surface area contributed by atoms with E-state index in [-0.39, 0.29) is 6.61 Å². The fourth-order valence-corrected chi connectivity index (χ4v) is 2.52. The summed E-state index contributed by atoms with van der Waals surface area (Å²) in [4.78, 5) is 38.0. The highest BCUT2D eigenvalue weighted by molar-refractivity contribution is 5.75. The van der Waals surface area contributed by atoms with Crippen LogP contribution < -0.4 is 0 Å². The summed E-state index contributed by atoms with van der Waals surface area (Å²) in [5.74, 6) is -1.29. The summed E-state index contributed by atoms with van der Waals surface area (Å²) in [5.41, 5.74) is 0. The van der Waals surface area contributed by atoms with Crippen LogP contribution in [0.4, 0.5) is 0 Å². The van der Waals surface area contributed by atoms with Crippen LogP contribution in [0.3, 0.4) is 0 Å². The average Bonchev–Trinajstić information content (AvgIpc) is 2.78. The van der Waals surface area contributed by atoms with Gasteiger partial charge in [-0.15, -0.1) is 0 Å². The third kappa shape index (κ3) is 4.19. The average molecular weight is 329 g/mol. The Bertz CT molecular complexity index is 531. The summed E-state index contributed by atoms with van der Waals surface area (Å²) in [6, 6.07) is 0. The fraction of sp³-hybridized carbons (Fsp3) is 0.714. The number of esters is 3. The minimum absolute atomic E-state index is 0.164. The number of carbonyl (C=O) groups is 3. The quantitative estimate of drug-likeness (QED) is 0.522. The number of fused-ring (bicyclic) bond motifs is 1. The molecule has 0 aromatic rings. The van der Waals surface area contributed by atoms with Gasteiger partial charge in [-0.05, 0) is 0 Å². The number of ether oxygens (including phenoxy) is 5. The Kier molecular flexibility index (Phi) is 5.19. The first-order valence-corrected chi connectivity index (χ1v) is 7.12. The SMILES string of the molecule is CC(=O)OCC1OC2N=C(C)OC2C(OC(C)=O)C1OC(C)=O. The molecule has 0 aromatic carbocycles. The monoisotopic (exact) mass is 329 g/mol. The highest BCUT2D eigenvalue weighted by Gasteiger charge is 2.53. The van der Waals surface area contributed by atoms with Crippen molar-refractivity contribution in [1.29, 1.82) is 0 Å². The second kappa shape index (κ2) is 6.95. The lowest BCUT2D eigenvalue weighted by Crippen LogP contribution is -2.60. The highest BCUT2D eigenvalue weighted by atomic mass is 16.7. The maximum absolute atomic E-state index is 11.4. The highest BCUT2D eigenvalue weighted by Crippen LogP contribution is 2.32. The minimum Gasteiger partial charge on any atom is -0.469 e. The van der Waals surface area contributed by atoms with E-state index in [9.17, 15) is 14.4 Å². The van der Waals surface area contributed by atoms with Crippen molar-refractivity contribution in [1.82, 2.24) is 0 Å². The van der Waals surface area contributed by atoms with Crippen LogP contribution in [0.15, 0.2) is 4.99 Å². The molecule has 9 nitrogen and oxygen atoms in total. The van der Waals surface area contributed by atoms with Crippen molar-refractivity contribution in [3.05, 3.63) is 0 Å². The lowest BCUT2D eigenvalue weighted by molar-refractivity contribution is -0.236. The Morgan fingerprint density at radius 3 is 2.22 bits per heavy atom. The van der Waals surface area contributed by atoms with E-state index in [1.807, 2.05) is 0 Å². The topological polar surface area (TPSA) is 110 Å². The van der Waals surface area contributed by atoms with E-state index in [0.717, 1.165) is 0 Å². The molecule has 2 aliphatic rings. The van der Waals surface area contributed by atoms with Crippen molar-refractivity contribution in [2.45, 2.75) is 58.3 Å². The van der Waals surface area contributed by atoms with Gasteiger partial charge in [0.15, 0.2) is 30.4 Å². The zero-order valence-corrected chi connectivity index (χ0v) is 13.3. The molecule has 0 bridgehead atoms. The molecule has 5 atom stereocenters. The van der Waals surface area contributed by atoms with Crippen molar-refractivity contribution in [3.8, 4) is 0 Å². The molecule has 1 saturated heterocycles. The Morgan fingerprint density at radius 1 is 1.04 bits per heavy atom. The Morgan fingerprint density at radius 2 is 1.65 bits per heavy atom. The van der Waals surface area contributed by atoms with Crippen molar-refractivity contribution in [2.75, 3.05) is 6.61 Å². The van der Waals surface area contributed by atoms with E-state index in [2.05, 4.69) is 4.99 Å². The molecule has 1 fully saturated rings. The Labute approximate surface area is 132 Å². The van der Waals surface area contributed by atoms with Crippen LogP contribution in [0, 0.1) is 0 Å². The number of nitrogens with zero attached hydrogens (tertiary/aromatic N) is 1. The predicted octanol–water partition coefficient (Wildman–Crippen LogP) is -0.0450. The van der Waals surface area contributed by atoms with Crippen LogP contribution in [0.25, 0.3) is 0 Å². The van der Waals surface area contributed by atoms with Gasteiger partial charge in [0, 0.05) is 27.7 Å². The Balaban J connectivity index is 2.25. The van der Waals surface area contributed by atoms with Gasteiger partial charge in [0.2, 0.25) is 0 Å². The van der Waals surface area contributed by atoms with Crippen LogP contribution in [0.2, 0.25) is 0 Å². The van der Waals surface area contributed by atoms with Crippen LogP contribution in [-0.2, 0) is 38.1 Å². The molecule has 0 saturated carbocycles. The second-order valence-corrected chi connectivity index (χ2v) is 5.25. The molecule has 2 rings (SSSR count). The maximum Gasteiger partial charge on any atom is 0.303 e. The van der Waals surface area contributed by atoms with Crippen LogP contribution >= 0.6 is 0 Å². The molecule has 128 valence electrons. The van der Waals surface area contributed by atoms with Crippen LogP contribution in [0.5, 0.6) is 0 Å². The van der Waals surface area contributed by atoms with Crippen molar-refractivity contribution in [2.24, 2.45) is 4.99 Å².